The first-order valence-corrected chi connectivity index (χ1v) is 6.89. The smallest absolute Gasteiger partial charge is 0.387 e. The van der Waals surface area contributed by atoms with Crippen molar-refractivity contribution in [1.29, 1.82) is 0 Å². The van der Waals surface area contributed by atoms with Crippen molar-refractivity contribution in [1.82, 2.24) is 10.3 Å². The first kappa shape index (κ1) is 16.5. The Balaban J connectivity index is 1.93. The molecule has 0 aliphatic heterocycles. The molecule has 1 N–H and O–H groups in total. The van der Waals surface area contributed by atoms with Gasteiger partial charge in [0.15, 0.2) is 0 Å². The Bertz CT molecular complexity index is 626. The number of hydrogen-bond donors (Lipinski definition) is 1. The second-order valence-electron chi connectivity index (χ2n) is 4.40. The van der Waals surface area contributed by atoms with Crippen LogP contribution in [0.5, 0.6) is 11.5 Å². The van der Waals surface area contributed by atoms with Crippen molar-refractivity contribution >= 4 is 11.6 Å². The van der Waals surface area contributed by atoms with E-state index in [0.29, 0.717) is 18.8 Å². The first-order chi connectivity index (χ1) is 10.6. The fraction of sp³-hybridized carbons (Fsp3) is 0.267. The molecular weight excluding hydrogens is 314 g/mol. The topological polar surface area (TPSA) is 43.4 Å². The maximum absolute atomic E-state index is 12.2. The maximum atomic E-state index is 12.2. The number of nitrogens with zero attached hydrogens (tertiary/aromatic N) is 1. The molecule has 0 saturated carbocycles. The highest BCUT2D eigenvalue weighted by Gasteiger charge is 2.09. The minimum absolute atomic E-state index is 0.0354. The summed E-state index contributed by atoms with van der Waals surface area (Å²) in [6.07, 6.45) is 1.69. The molecule has 0 saturated heterocycles. The van der Waals surface area contributed by atoms with Gasteiger partial charge in [-0.05, 0) is 29.8 Å². The lowest BCUT2D eigenvalue weighted by Gasteiger charge is -2.10. The van der Waals surface area contributed by atoms with Gasteiger partial charge in [-0.1, -0.05) is 17.7 Å². The van der Waals surface area contributed by atoms with E-state index in [1.807, 2.05) is 6.07 Å². The lowest BCUT2D eigenvalue weighted by Crippen LogP contribution is -2.14. The van der Waals surface area contributed by atoms with Crippen LogP contribution in [0.3, 0.4) is 0 Å². The fourth-order valence-electron chi connectivity index (χ4n) is 1.91. The number of methoxy groups -OCH3 is 1. The van der Waals surface area contributed by atoms with E-state index < -0.39 is 6.61 Å². The number of halogens is 3. The van der Waals surface area contributed by atoms with Gasteiger partial charge in [-0.15, -0.1) is 0 Å². The van der Waals surface area contributed by atoms with E-state index in [4.69, 9.17) is 16.3 Å². The first-order valence-electron chi connectivity index (χ1n) is 6.52. The average molecular weight is 329 g/mol. The quantitative estimate of drug-likeness (QED) is 0.843. The second-order valence-corrected chi connectivity index (χ2v) is 4.81. The lowest BCUT2D eigenvalue weighted by atomic mass is 10.2. The van der Waals surface area contributed by atoms with E-state index in [1.54, 1.807) is 31.5 Å². The standard InChI is InChI=1S/C15H15ClF2N2O2/c1-21-14-3-2-6-20-12(14)9-19-8-10-4-5-13(11(16)7-10)22-15(17)18/h2-7,15,19H,8-9H2,1H3. The molecule has 7 heteroatoms. The van der Waals surface area contributed by atoms with Gasteiger partial charge < -0.3 is 14.8 Å². The summed E-state index contributed by atoms with van der Waals surface area (Å²) in [6, 6.07) is 8.31. The third kappa shape index (κ3) is 4.54. The lowest BCUT2D eigenvalue weighted by molar-refractivity contribution is -0.0497. The van der Waals surface area contributed by atoms with Gasteiger partial charge in [-0.25, -0.2) is 0 Å². The Labute approximate surface area is 132 Å². The third-order valence-electron chi connectivity index (χ3n) is 2.90. The molecule has 0 radical (unpaired) electrons. The van der Waals surface area contributed by atoms with E-state index in [-0.39, 0.29) is 10.8 Å². The molecule has 1 aromatic carbocycles. The molecule has 0 fully saturated rings. The normalized spacial score (nSPS) is 10.8. The molecule has 0 unspecified atom stereocenters. The summed E-state index contributed by atoms with van der Waals surface area (Å²) in [7, 11) is 1.59. The van der Waals surface area contributed by atoms with E-state index in [9.17, 15) is 8.78 Å². The number of hydrogen-bond acceptors (Lipinski definition) is 4. The van der Waals surface area contributed by atoms with E-state index in [2.05, 4.69) is 15.0 Å². The zero-order valence-corrected chi connectivity index (χ0v) is 12.6. The molecule has 0 atom stereocenters. The number of benzene rings is 1. The van der Waals surface area contributed by atoms with E-state index in [1.165, 1.54) is 6.07 Å². The Morgan fingerprint density at radius 3 is 2.73 bits per heavy atom. The molecular formula is C15H15ClF2N2O2. The Morgan fingerprint density at radius 2 is 2.05 bits per heavy atom. The zero-order chi connectivity index (χ0) is 15.9. The van der Waals surface area contributed by atoms with Crippen LogP contribution < -0.4 is 14.8 Å². The SMILES string of the molecule is COc1cccnc1CNCc1ccc(OC(F)F)c(Cl)c1. The van der Waals surface area contributed by atoms with Gasteiger partial charge in [-0.3, -0.25) is 4.98 Å². The van der Waals surface area contributed by atoms with Crippen molar-refractivity contribution in [2.75, 3.05) is 7.11 Å². The van der Waals surface area contributed by atoms with Gasteiger partial charge in [0.2, 0.25) is 0 Å². The van der Waals surface area contributed by atoms with Crippen LogP contribution in [0.25, 0.3) is 0 Å². The molecule has 4 nitrogen and oxygen atoms in total. The van der Waals surface area contributed by atoms with Crippen molar-refractivity contribution in [3.8, 4) is 11.5 Å². The Kier molecular flexibility index (Phi) is 5.91. The molecule has 0 amide bonds. The fourth-order valence-corrected chi connectivity index (χ4v) is 2.16. The predicted octanol–water partition coefficient (Wildman–Crippen LogP) is 3.63. The van der Waals surface area contributed by atoms with Crippen molar-refractivity contribution < 1.29 is 18.3 Å². The summed E-state index contributed by atoms with van der Waals surface area (Å²) in [6.45, 7) is -1.87. The molecule has 22 heavy (non-hydrogen) atoms. The number of nitrogens with one attached hydrogen (secondary N) is 1. The summed E-state index contributed by atoms with van der Waals surface area (Å²) in [5, 5.41) is 3.34. The van der Waals surface area contributed by atoms with Crippen molar-refractivity contribution in [2.24, 2.45) is 0 Å². The molecule has 2 aromatic rings. The number of alkyl halides is 2. The van der Waals surface area contributed by atoms with Gasteiger partial charge in [0, 0.05) is 19.3 Å². The van der Waals surface area contributed by atoms with Gasteiger partial charge in [0.05, 0.1) is 17.8 Å². The molecule has 0 bridgehead atoms. The number of ether oxygens (including phenoxy) is 2. The average Bonchev–Trinajstić information content (AvgIpc) is 2.50. The Morgan fingerprint density at radius 1 is 1.23 bits per heavy atom. The van der Waals surface area contributed by atoms with E-state index in [0.717, 1.165) is 11.3 Å². The van der Waals surface area contributed by atoms with Crippen molar-refractivity contribution in [2.45, 2.75) is 19.7 Å². The molecule has 1 aromatic heterocycles. The Hall–Kier alpha value is -1.92. The van der Waals surface area contributed by atoms with Crippen LogP contribution in [0.2, 0.25) is 5.02 Å². The number of pyridine rings is 1. The summed E-state index contributed by atoms with van der Waals surface area (Å²) in [5.74, 6) is 0.667. The second kappa shape index (κ2) is 7.91. The largest absolute Gasteiger partial charge is 0.495 e. The van der Waals surface area contributed by atoms with Gasteiger partial charge in [0.1, 0.15) is 11.5 Å². The molecule has 1 heterocycles. The van der Waals surface area contributed by atoms with Crippen LogP contribution in [0.15, 0.2) is 36.5 Å². The van der Waals surface area contributed by atoms with Crippen molar-refractivity contribution in [3.05, 3.63) is 52.8 Å². The molecule has 0 spiro atoms. The minimum Gasteiger partial charge on any atom is -0.495 e. The number of rotatable bonds is 7. The van der Waals surface area contributed by atoms with Crippen LogP contribution >= 0.6 is 11.6 Å². The summed E-state index contributed by atoms with van der Waals surface area (Å²) < 4.78 is 33.8. The number of aromatic nitrogens is 1. The monoisotopic (exact) mass is 328 g/mol. The predicted molar refractivity (Wildman–Crippen MR) is 79.4 cm³/mol. The van der Waals surface area contributed by atoms with Crippen LogP contribution in [-0.2, 0) is 13.1 Å². The van der Waals surface area contributed by atoms with Gasteiger partial charge >= 0.3 is 6.61 Å². The molecule has 0 aliphatic carbocycles. The molecule has 2 rings (SSSR count). The highest BCUT2D eigenvalue weighted by molar-refractivity contribution is 6.32. The maximum Gasteiger partial charge on any atom is 0.387 e. The highest BCUT2D eigenvalue weighted by atomic mass is 35.5. The van der Waals surface area contributed by atoms with Crippen LogP contribution in [0, 0.1) is 0 Å². The van der Waals surface area contributed by atoms with Crippen molar-refractivity contribution in [3.63, 3.8) is 0 Å². The zero-order valence-electron chi connectivity index (χ0n) is 11.9. The molecule has 118 valence electrons. The van der Waals surface area contributed by atoms with Crippen LogP contribution in [0.4, 0.5) is 8.78 Å². The third-order valence-corrected chi connectivity index (χ3v) is 3.20. The van der Waals surface area contributed by atoms with E-state index >= 15 is 0 Å². The van der Waals surface area contributed by atoms with Crippen LogP contribution in [-0.4, -0.2) is 18.7 Å². The van der Waals surface area contributed by atoms with Gasteiger partial charge in [-0.2, -0.15) is 8.78 Å². The van der Waals surface area contributed by atoms with Gasteiger partial charge in [0.25, 0.3) is 0 Å². The summed E-state index contributed by atoms with van der Waals surface area (Å²) >= 11 is 5.90. The minimum atomic E-state index is -2.89. The summed E-state index contributed by atoms with van der Waals surface area (Å²) in [4.78, 5) is 4.23. The molecule has 0 aliphatic rings. The summed E-state index contributed by atoms with van der Waals surface area (Å²) in [5.41, 5.74) is 1.63. The van der Waals surface area contributed by atoms with Crippen LogP contribution in [0.1, 0.15) is 11.3 Å². The highest BCUT2D eigenvalue weighted by Crippen LogP contribution is 2.27.